The fourth-order valence-corrected chi connectivity index (χ4v) is 3.64. The summed E-state index contributed by atoms with van der Waals surface area (Å²) in [4.78, 5) is 16.0. The monoisotopic (exact) mass is 398 g/mol. The predicted molar refractivity (Wildman–Crippen MR) is 112 cm³/mol. The zero-order valence-corrected chi connectivity index (χ0v) is 16.5. The number of aromatic nitrogens is 4. The van der Waals surface area contributed by atoms with Crippen LogP contribution in [0, 0.1) is 11.3 Å². The third-order valence-electron chi connectivity index (χ3n) is 5.15. The van der Waals surface area contributed by atoms with Crippen LogP contribution in [0.3, 0.4) is 0 Å². The lowest BCUT2D eigenvalue weighted by Gasteiger charge is -2.26. The van der Waals surface area contributed by atoms with E-state index in [1.807, 2.05) is 37.6 Å². The number of hydrogen-bond acceptors (Lipinski definition) is 7. The van der Waals surface area contributed by atoms with Crippen molar-refractivity contribution in [2.24, 2.45) is 0 Å². The molecule has 0 radical (unpaired) electrons. The van der Waals surface area contributed by atoms with Crippen molar-refractivity contribution in [3.63, 3.8) is 0 Å². The van der Waals surface area contributed by atoms with E-state index in [1.54, 1.807) is 29.8 Å². The van der Waals surface area contributed by atoms with Gasteiger partial charge in [-0.1, -0.05) is 12.1 Å². The molecule has 4 aromatic rings. The Morgan fingerprint density at radius 2 is 2.00 bits per heavy atom. The van der Waals surface area contributed by atoms with Crippen molar-refractivity contribution in [3.8, 4) is 40.2 Å². The Balaban J connectivity index is 1.78. The molecule has 0 atom stereocenters. The van der Waals surface area contributed by atoms with Gasteiger partial charge in [-0.3, -0.25) is 4.40 Å². The standard InChI is InChI=1S/C22H18N6O2/c1-27-9-10-30-17-11-16(13-25-20(17)27)18-19(15-5-3-14(12-23)4-6-15)26-22(29-2)28-8-7-24-21(18)28/h3-8,11,13H,9-10H2,1-2H3. The van der Waals surface area contributed by atoms with Crippen LogP contribution in [0.4, 0.5) is 5.82 Å². The van der Waals surface area contributed by atoms with Crippen molar-refractivity contribution in [2.75, 3.05) is 32.2 Å². The van der Waals surface area contributed by atoms with Crippen molar-refractivity contribution in [1.82, 2.24) is 19.4 Å². The molecule has 1 aromatic carbocycles. The maximum absolute atomic E-state index is 9.14. The number of imidazole rings is 1. The molecule has 0 aliphatic carbocycles. The molecule has 0 saturated heterocycles. The maximum Gasteiger partial charge on any atom is 0.302 e. The second-order valence-electron chi connectivity index (χ2n) is 6.95. The minimum Gasteiger partial charge on any atom is -0.488 e. The normalized spacial score (nSPS) is 12.9. The molecular formula is C22H18N6O2. The Hall–Kier alpha value is -4.12. The third-order valence-corrected chi connectivity index (χ3v) is 5.15. The highest BCUT2D eigenvalue weighted by atomic mass is 16.5. The number of ether oxygens (including phenoxy) is 2. The van der Waals surface area contributed by atoms with Gasteiger partial charge in [0.1, 0.15) is 6.61 Å². The number of hydrogen-bond donors (Lipinski definition) is 0. The second kappa shape index (κ2) is 7.04. The Bertz CT molecular complexity index is 1290. The van der Waals surface area contributed by atoms with Gasteiger partial charge < -0.3 is 14.4 Å². The molecular weight excluding hydrogens is 380 g/mol. The lowest BCUT2D eigenvalue weighted by atomic mass is 10.00. The number of anilines is 1. The third kappa shape index (κ3) is 2.79. The number of benzene rings is 1. The number of likely N-dealkylation sites (N-methyl/N-ethyl adjacent to an activating group) is 1. The molecule has 0 saturated carbocycles. The fraction of sp³-hybridized carbons (Fsp3) is 0.182. The zero-order chi connectivity index (χ0) is 20.7. The van der Waals surface area contributed by atoms with Crippen LogP contribution in [0.5, 0.6) is 11.8 Å². The molecule has 3 aromatic heterocycles. The fourth-order valence-electron chi connectivity index (χ4n) is 3.64. The van der Waals surface area contributed by atoms with Crippen LogP contribution >= 0.6 is 0 Å². The molecule has 0 unspecified atom stereocenters. The van der Waals surface area contributed by atoms with Crippen LogP contribution in [0.25, 0.3) is 28.0 Å². The van der Waals surface area contributed by atoms with Crippen LogP contribution in [-0.2, 0) is 0 Å². The van der Waals surface area contributed by atoms with Crippen molar-refractivity contribution < 1.29 is 9.47 Å². The topological polar surface area (TPSA) is 88.6 Å². The lowest BCUT2D eigenvalue weighted by molar-refractivity contribution is 0.309. The maximum atomic E-state index is 9.14. The van der Waals surface area contributed by atoms with E-state index < -0.39 is 0 Å². The van der Waals surface area contributed by atoms with E-state index in [1.165, 1.54) is 0 Å². The highest BCUT2D eigenvalue weighted by molar-refractivity contribution is 5.91. The van der Waals surface area contributed by atoms with E-state index in [4.69, 9.17) is 19.7 Å². The van der Waals surface area contributed by atoms with Crippen molar-refractivity contribution in [2.45, 2.75) is 0 Å². The summed E-state index contributed by atoms with van der Waals surface area (Å²) < 4.78 is 13.2. The minimum absolute atomic E-state index is 0.424. The Kier molecular flexibility index (Phi) is 4.21. The van der Waals surface area contributed by atoms with E-state index in [0.717, 1.165) is 34.8 Å². The first-order chi connectivity index (χ1) is 14.7. The molecule has 4 heterocycles. The molecule has 8 nitrogen and oxygen atoms in total. The van der Waals surface area contributed by atoms with Crippen LogP contribution in [0.1, 0.15) is 5.56 Å². The van der Waals surface area contributed by atoms with E-state index in [-0.39, 0.29) is 0 Å². The summed E-state index contributed by atoms with van der Waals surface area (Å²) in [5.74, 6) is 1.54. The van der Waals surface area contributed by atoms with Crippen LogP contribution < -0.4 is 14.4 Å². The van der Waals surface area contributed by atoms with Crippen molar-refractivity contribution >= 4 is 11.5 Å². The number of pyridine rings is 1. The predicted octanol–water partition coefficient (Wildman–Crippen LogP) is 3.17. The summed E-state index contributed by atoms with van der Waals surface area (Å²) in [7, 11) is 3.58. The first-order valence-corrected chi connectivity index (χ1v) is 9.45. The molecule has 0 spiro atoms. The van der Waals surface area contributed by atoms with Gasteiger partial charge >= 0.3 is 6.01 Å². The smallest absolute Gasteiger partial charge is 0.302 e. The Labute approximate surface area is 173 Å². The molecule has 0 N–H and O–H groups in total. The SMILES string of the molecule is COc1nc(-c2ccc(C#N)cc2)c(-c2cnc3c(c2)OCCN3C)c2nccn12. The summed E-state index contributed by atoms with van der Waals surface area (Å²) in [6, 6.07) is 11.8. The molecule has 30 heavy (non-hydrogen) atoms. The molecule has 0 fully saturated rings. The molecule has 1 aliphatic rings. The summed E-state index contributed by atoms with van der Waals surface area (Å²) >= 11 is 0. The van der Waals surface area contributed by atoms with E-state index in [9.17, 15) is 0 Å². The number of fused-ring (bicyclic) bond motifs is 2. The van der Waals surface area contributed by atoms with Crippen molar-refractivity contribution in [1.29, 1.82) is 5.26 Å². The highest BCUT2D eigenvalue weighted by Crippen LogP contribution is 2.39. The molecule has 0 amide bonds. The first kappa shape index (κ1) is 17.9. The minimum atomic E-state index is 0.424. The summed E-state index contributed by atoms with van der Waals surface area (Å²) in [6.45, 7) is 1.40. The number of nitriles is 1. The quantitative estimate of drug-likeness (QED) is 0.524. The number of rotatable bonds is 3. The molecule has 8 heteroatoms. The highest BCUT2D eigenvalue weighted by Gasteiger charge is 2.22. The summed E-state index contributed by atoms with van der Waals surface area (Å²) in [5.41, 5.74) is 4.49. The lowest BCUT2D eigenvalue weighted by Crippen LogP contribution is -2.29. The van der Waals surface area contributed by atoms with Gasteiger partial charge in [0, 0.05) is 36.8 Å². The zero-order valence-electron chi connectivity index (χ0n) is 16.5. The largest absolute Gasteiger partial charge is 0.488 e. The van der Waals surface area contributed by atoms with Gasteiger partial charge in [0.15, 0.2) is 17.2 Å². The van der Waals surface area contributed by atoms with Gasteiger partial charge in [-0.15, -0.1) is 0 Å². The molecule has 0 bridgehead atoms. The van der Waals surface area contributed by atoms with E-state index in [0.29, 0.717) is 29.5 Å². The van der Waals surface area contributed by atoms with Gasteiger partial charge in [-0.05, 0) is 18.2 Å². The summed E-state index contributed by atoms with van der Waals surface area (Å²) in [5, 5.41) is 9.14. The average molecular weight is 398 g/mol. The Morgan fingerprint density at radius 3 is 2.77 bits per heavy atom. The second-order valence-corrected chi connectivity index (χ2v) is 6.95. The van der Waals surface area contributed by atoms with Crippen LogP contribution in [0.2, 0.25) is 0 Å². The number of methoxy groups -OCH3 is 1. The molecule has 148 valence electrons. The van der Waals surface area contributed by atoms with Gasteiger partial charge in [0.25, 0.3) is 0 Å². The molecule has 1 aliphatic heterocycles. The van der Waals surface area contributed by atoms with Crippen molar-refractivity contribution in [3.05, 3.63) is 54.5 Å². The van der Waals surface area contributed by atoms with E-state index in [2.05, 4.69) is 20.9 Å². The average Bonchev–Trinajstić information content (AvgIpc) is 3.28. The summed E-state index contributed by atoms with van der Waals surface area (Å²) in [6.07, 6.45) is 5.33. The van der Waals surface area contributed by atoms with Crippen LogP contribution in [-0.4, -0.2) is 46.7 Å². The van der Waals surface area contributed by atoms with Gasteiger partial charge in [-0.2, -0.15) is 10.2 Å². The first-order valence-electron chi connectivity index (χ1n) is 9.45. The van der Waals surface area contributed by atoms with Gasteiger partial charge in [-0.25, -0.2) is 9.97 Å². The van der Waals surface area contributed by atoms with Crippen LogP contribution in [0.15, 0.2) is 48.9 Å². The van der Waals surface area contributed by atoms with Gasteiger partial charge in [0.2, 0.25) is 0 Å². The number of nitrogens with zero attached hydrogens (tertiary/aromatic N) is 6. The van der Waals surface area contributed by atoms with E-state index >= 15 is 0 Å². The molecule has 5 rings (SSSR count). The van der Waals surface area contributed by atoms with Gasteiger partial charge in [0.05, 0.1) is 36.5 Å². The Morgan fingerprint density at radius 1 is 1.17 bits per heavy atom.